The van der Waals surface area contributed by atoms with Crippen LogP contribution in [0.1, 0.15) is 22.4 Å². The van der Waals surface area contributed by atoms with Crippen molar-refractivity contribution in [1.82, 2.24) is 24.7 Å². The normalized spacial score (nSPS) is 11.1. The molecule has 0 unspecified atom stereocenters. The number of pyridine rings is 1. The molecule has 0 saturated carbocycles. The molecule has 1 aromatic carbocycles. The Hall–Kier alpha value is -3.75. The molecular weight excluding hydrogens is 385 g/mol. The molecule has 0 aliphatic carbocycles. The number of fused-ring (bicyclic) bond motifs is 1. The zero-order valence-corrected chi connectivity index (χ0v) is 17.0. The van der Waals surface area contributed by atoms with Gasteiger partial charge < -0.3 is 15.8 Å². The first-order chi connectivity index (χ1) is 14.4. The molecule has 0 spiro atoms. The molecule has 0 aliphatic rings. The summed E-state index contributed by atoms with van der Waals surface area (Å²) in [5.41, 5.74) is 10.2. The number of nitrogens with one attached hydrogen (secondary N) is 1. The molecule has 4 aromatic rings. The van der Waals surface area contributed by atoms with Crippen molar-refractivity contribution in [2.75, 3.05) is 18.2 Å². The summed E-state index contributed by atoms with van der Waals surface area (Å²) in [6, 6.07) is 6.30. The zero-order chi connectivity index (χ0) is 21.3. The summed E-state index contributed by atoms with van der Waals surface area (Å²) in [6.45, 7) is 4.91. The Morgan fingerprint density at radius 3 is 2.80 bits per heavy atom. The Morgan fingerprint density at radius 2 is 2.03 bits per heavy atom. The minimum atomic E-state index is -0.346. The molecule has 3 aromatic heterocycles. The summed E-state index contributed by atoms with van der Waals surface area (Å²) in [7, 11) is 1.52. The van der Waals surface area contributed by atoms with Gasteiger partial charge in [-0.2, -0.15) is 5.10 Å². The third kappa shape index (κ3) is 3.86. The summed E-state index contributed by atoms with van der Waals surface area (Å²) in [4.78, 5) is 13.0. The fourth-order valence-electron chi connectivity index (χ4n) is 3.46. The minimum absolute atomic E-state index is 0.346. The van der Waals surface area contributed by atoms with E-state index in [1.807, 2.05) is 26.1 Å². The molecule has 154 valence electrons. The van der Waals surface area contributed by atoms with E-state index in [1.165, 1.54) is 25.6 Å². The smallest absolute Gasteiger partial charge is 0.186 e. The number of nitrogens with two attached hydrogens (primary N) is 1. The molecule has 0 atom stereocenters. The van der Waals surface area contributed by atoms with Crippen LogP contribution < -0.4 is 15.8 Å². The van der Waals surface area contributed by atoms with Gasteiger partial charge in [0.25, 0.3) is 0 Å². The van der Waals surface area contributed by atoms with Crippen molar-refractivity contribution in [3.05, 3.63) is 65.0 Å². The molecule has 0 bridgehead atoms. The maximum Gasteiger partial charge on any atom is 0.186 e. The number of methoxy groups -OCH3 is 1. The van der Waals surface area contributed by atoms with Gasteiger partial charge in [-0.1, -0.05) is 6.07 Å². The van der Waals surface area contributed by atoms with Crippen LogP contribution in [0.4, 0.5) is 16.0 Å². The van der Waals surface area contributed by atoms with Gasteiger partial charge in [0.1, 0.15) is 29.5 Å². The average molecular weight is 407 g/mol. The topological polar surface area (TPSA) is 104 Å². The molecule has 0 radical (unpaired) electrons. The lowest BCUT2D eigenvalue weighted by Crippen LogP contribution is -2.08. The molecule has 0 saturated heterocycles. The van der Waals surface area contributed by atoms with Crippen LogP contribution in [-0.2, 0) is 13.1 Å². The maximum absolute atomic E-state index is 13.5. The lowest BCUT2D eigenvalue weighted by molar-refractivity contribution is 0.404. The number of hydrogen-bond donors (Lipinski definition) is 2. The lowest BCUT2D eigenvalue weighted by Gasteiger charge is -2.12. The van der Waals surface area contributed by atoms with Gasteiger partial charge in [0, 0.05) is 30.1 Å². The fourth-order valence-corrected chi connectivity index (χ4v) is 3.46. The number of anilines is 2. The molecule has 9 heteroatoms. The fraction of sp³-hybridized carbons (Fsp3) is 0.238. The number of nitrogen functional groups attached to an aromatic ring is 1. The molecule has 0 amide bonds. The molecule has 4 rings (SSSR count). The largest absolute Gasteiger partial charge is 0.496 e. The Labute approximate surface area is 172 Å². The number of rotatable bonds is 6. The highest BCUT2D eigenvalue weighted by molar-refractivity contribution is 5.85. The number of benzene rings is 1. The van der Waals surface area contributed by atoms with E-state index >= 15 is 0 Å². The summed E-state index contributed by atoms with van der Waals surface area (Å²) >= 11 is 0. The van der Waals surface area contributed by atoms with Crippen molar-refractivity contribution < 1.29 is 9.13 Å². The molecule has 30 heavy (non-hydrogen) atoms. The van der Waals surface area contributed by atoms with E-state index in [1.54, 1.807) is 10.7 Å². The predicted molar refractivity (Wildman–Crippen MR) is 113 cm³/mol. The van der Waals surface area contributed by atoms with Crippen LogP contribution in [0.15, 0.2) is 36.8 Å². The molecule has 0 aliphatic heterocycles. The van der Waals surface area contributed by atoms with Crippen LogP contribution in [0, 0.1) is 19.7 Å². The number of ether oxygens (including phenoxy) is 1. The van der Waals surface area contributed by atoms with Crippen LogP contribution in [0.25, 0.3) is 11.0 Å². The minimum Gasteiger partial charge on any atom is -0.496 e. The third-order valence-corrected chi connectivity index (χ3v) is 4.95. The number of nitrogens with zero attached hydrogens (tertiary/aromatic N) is 5. The van der Waals surface area contributed by atoms with Gasteiger partial charge in [0.15, 0.2) is 5.65 Å². The monoisotopic (exact) mass is 407 g/mol. The summed E-state index contributed by atoms with van der Waals surface area (Å²) in [5.74, 6) is 1.31. The van der Waals surface area contributed by atoms with E-state index in [0.717, 1.165) is 27.8 Å². The predicted octanol–water partition coefficient (Wildman–Crippen LogP) is 3.23. The van der Waals surface area contributed by atoms with Gasteiger partial charge in [0.05, 0.1) is 19.0 Å². The summed E-state index contributed by atoms with van der Waals surface area (Å²) < 4.78 is 20.5. The molecule has 3 N–H and O–H groups in total. The number of aromatic nitrogens is 5. The van der Waals surface area contributed by atoms with Gasteiger partial charge in [-0.15, -0.1) is 0 Å². The summed E-state index contributed by atoms with van der Waals surface area (Å²) in [5, 5.41) is 8.66. The van der Waals surface area contributed by atoms with Crippen LogP contribution in [0.2, 0.25) is 0 Å². The molecule has 8 nitrogen and oxygen atoms in total. The van der Waals surface area contributed by atoms with E-state index < -0.39 is 0 Å². The van der Waals surface area contributed by atoms with E-state index in [4.69, 9.17) is 10.5 Å². The van der Waals surface area contributed by atoms with Crippen molar-refractivity contribution >= 4 is 22.7 Å². The second-order valence-corrected chi connectivity index (χ2v) is 7.02. The van der Waals surface area contributed by atoms with Crippen molar-refractivity contribution in [1.29, 1.82) is 0 Å². The third-order valence-electron chi connectivity index (χ3n) is 4.95. The Bertz CT molecular complexity index is 1200. The maximum atomic E-state index is 13.5. The number of halogens is 1. The van der Waals surface area contributed by atoms with E-state index in [-0.39, 0.29) is 5.82 Å². The van der Waals surface area contributed by atoms with E-state index in [9.17, 15) is 4.39 Å². The molecule has 0 fully saturated rings. The highest BCUT2D eigenvalue weighted by atomic mass is 19.1. The van der Waals surface area contributed by atoms with Gasteiger partial charge in [-0.05, 0) is 37.1 Å². The lowest BCUT2D eigenvalue weighted by atomic mass is 10.1. The molecular formula is C21H22FN7O. The van der Waals surface area contributed by atoms with Gasteiger partial charge in [-0.3, -0.25) is 4.68 Å². The SMILES string of the molecule is COc1cc(F)ccc1Cn1cc2c(NCc3c(C)cc(N)nc3C)ncnc2n1. The van der Waals surface area contributed by atoms with Crippen molar-refractivity contribution in [3.63, 3.8) is 0 Å². The standard InChI is InChI=1S/C21H22FN7O/c1-12-6-19(23)27-13(2)16(12)8-24-20-17-10-29(28-21(17)26-11-25-20)9-14-4-5-15(22)7-18(14)30-3/h4-7,10-11H,8-9H2,1-3H3,(H2,23,27)(H,24,25,26,28). The first-order valence-corrected chi connectivity index (χ1v) is 9.41. The Balaban J connectivity index is 1.60. The highest BCUT2D eigenvalue weighted by Gasteiger charge is 2.12. The van der Waals surface area contributed by atoms with Crippen molar-refractivity contribution in [2.45, 2.75) is 26.9 Å². The Kier molecular flexibility index (Phi) is 5.18. The Morgan fingerprint density at radius 1 is 1.20 bits per heavy atom. The first kappa shape index (κ1) is 19.6. The highest BCUT2D eigenvalue weighted by Crippen LogP contribution is 2.24. The second-order valence-electron chi connectivity index (χ2n) is 7.02. The van der Waals surface area contributed by atoms with Gasteiger partial charge in [-0.25, -0.2) is 19.3 Å². The van der Waals surface area contributed by atoms with Crippen molar-refractivity contribution in [2.24, 2.45) is 0 Å². The number of aryl methyl sites for hydroxylation is 2. The van der Waals surface area contributed by atoms with Crippen LogP contribution in [-0.4, -0.2) is 31.8 Å². The number of hydrogen-bond acceptors (Lipinski definition) is 7. The first-order valence-electron chi connectivity index (χ1n) is 9.41. The summed E-state index contributed by atoms with van der Waals surface area (Å²) in [6.07, 6.45) is 3.34. The van der Waals surface area contributed by atoms with Crippen LogP contribution in [0.3, 0.4) is 0 Å². The van der Waals surface area contributed by atoms with Gasteiger partial charge in [0.2, 0.25) is 0 Å². The van der Waals surface area contributed by atoms with Crippen molar-refractivity contribution in [3.8, 4) is 5.75 Å². The zero-order valence-electron chi connectivity index (χ0n) is 17.0. The van der Waals surface area contributed by atoms with Crippen LogP contribution in [0.5, 0.6) is 5.75 Å². The van der Waals surface area contributed by atoms with E-state index in [0.29, 0.717) is 36.1 Å². The average Bonchev–Trinajstić information content (AvgIpc) is 3.11. The van der Waals surface area contributed by atoms with Crippen LogP contribution >= 0.6 is 0 Å². The van der Waals surface area contributed by atoms with E-state index in [2.05, 4.69) is 25.4 Å². The molecule has 3 heterocycles. The van der Waals surface area contributed by atoms with Gasteiger partial charge >= 0.3 is 0 Å². The quantitative estimate of drug-likeness (QED) is 0.506. The second kappa shape index (κ2) is 7.94.